The van der Waals surface area contributed by atoms with Crippen LogP contribution in [0, 0.1) is 0 Å². The lowest BCUT2D eigenvalue weighted by molar-refractivity contribution is -0.147. The van der Waals surface area contributed by atoms with Crippen LogP contribution in [-0.2, 0) is 20.9 Å². The Morgan fingerprint density at radius 2 is 1.58 bits per heavy atom. The highest BCUT2D eigenvalue weighted by molar-refractivity contribution is 6.35. The second-order valence-corrected chi connectivity index (χ2v) is 5.79. The van der Waals surface area contributed by atoms with Crippen molar-refractivity contribution in [3.8, 4) is 0 Å². The van der Waals surface area contributed by atoms with Gasteiger partial charge < -0.3 is 15.5 Å². The summed E-state index contributed by atoms with van der Waals surface area (Å²) < 4.78 is 0. The summed E-state index contributed by atoms with van der Waals surface area (Å²) in [6.45, 7) is 5.42. The van der Waals surface area contributed by atoms with Gasteiger partial charge in [0, 0.05) is 52.7 Å². The molecule has 0 spiro atoms. The summed E-state index contributed by atoms with van der Waals surface area (Å²) in [4.78, 5) is 38.5. The van der Waals surface area contributed by atoms with Crippen molar-refractivity contribution in [1.82, 2.24) is 20.4 Å². The minimum atomic E-state index is -0.614. The number of hydrogen-bond acceptors (Lipinski definition) is 4. The fraction of sp³-hybridized carbons (Fsp3) is 0.471. The van der Waals surface area contributed by atoms with Crippen molar-refractivity contribution in [1.29, 1.82) is 0 Å². The molecule has 0 radical (unpaired) electrons. The van der Waals surface area contributed by atoms with Crippen LogP contribution >= 0.6 is 0 Å². The highest BCUT2D eigenvalue weighted by atomic mass is 16.2. The predicted molar refractivity (Wildman–Crippen MR) is 90.0 cm³/mol. The van der Waals surface area contributed by atoms with Gasteiger partial charge in [-0.05, 0) is 5.56 Å². The summed E-state index contributed by atoms with van der Waals surface area (Å²) in [6, 6.07) is 10.2. The Bertz CT molecular complexity index is 568. The van der Waals surface area contributed by atoms with E-state index in [1.165, 1.54) is 12.5 Å². The Balaban J connectivity index is 1.70. The smallest absolute Gasteiger partial charge is 0.311 e. The highest BCUT2D eigenvalue weighted by Crippen LogP contribution is 2.08. The van der Waals surface area contributed by atoms with Gasteiger partial charge in [-0.3, -0.25) is 19.3 Å². The predicted octanol–water partition coefficient (Wildman–Crippen LogP) is -0.417. The average molecular weight is 332 g/mol. The molecule has 0 aromatic heterocycles. The monoisotopic (exact) mass is 332 g/mol. The van der Waals surface area contributed by atoms with E-state index in [1.54, 1.807) is 4.90 Å². The minimum absolute atomic E-state index is 0.162. The molecule has 0 atom stereocenters. The molecule has 7 nitrogen and oxygen atoms in total. The number of amides is 3. The van der Waals surface area contributed by atoms with E-state index in [-0.39, 0.29) is 12.5 Å². The van der Waals surface area contributed by atoms with Gasteiger partial charge in [-0.15, -0.1) is 0 Å². The maximum absolute atomic E-state index is 12.1. The van der Waals surface area contributed by atoms with Gasteiger partial charge in [-0.25, -0.2) is 0 Å². The summed E-state index contributed by atoms with van der Waals surface area (Å²) in [5.41, 5.74) is 1.24. The molecule has 24 heavy (non-hydrogen) atoms. The molecule has 1 aliphatic rings. The lowest BCUT2D eigenvalue weighted by atomic mass is 10.2. The van der Waals surface area contributed by atoms with Crippen LogP contribution in [-0.4, -0.2) is 66.8 Å². The second-order valence-electron chi connectivity index (χ2n) is 5.79. The Labute approximate surface area is 142 Å². The fourth-order valence-electron chi connectivity index (χ4n) is 2.58. The van der Waals surface area contributed by atoms with Gasteiger partial charge in [0.25, 0.3) is 0 Å². The van der Waals surface area contributed by atoms with Crippen molar-refractivity contribution >= 4 is 17.7 Å². The van der Waals surface area contributed by atoms with Crippen LogP contribution in [0.1, 0.15) is 12.5 Å². The molecule has 1 aliphatic heterocycles. The summed E-state index contributed by atoms with van der Waals surface area (Å²) in [5.74, 6) is -1.28. The average Bonchev–Trinajstić information content (AvgIpc) is 2.59. The zero-order valence-electron chi connectivity index (χ0n) is 14.0. The van der Waals surface area contributed by atoms with Crippen LogP contribution in [0.5, 0.6) is 0 Å². The van der Waals surface area contributed by atoms with Gasteiger partial charge in [0.15, 0.2) is 0 Å². The first-order chi connectivity index (χ1) is 11.6. The molecule has 1 heterocycles. The van der Waals surface area contributed by atoms with Crippen LogP contribution in [0.15, 0.2) is 30.3 Å². The first-order valence-corrected chi connectivity index (χ1v) is 8.14. The quantitative estimate of drug-likeness (QED) is 0.567. The highest BCUT2D eigenvalue weighted by Gasteiger charge is 2.25. The third-order valence-corrected chi connectivity index (χ3v) is 3.89. The molecule has 1 fully saturated rings. The van der Waals surface area contributed by atoms with Gasteiger partial charge in [-0.1, -0.05) is 30.3 Å². The number of hydrogen-bond donors (Lipinski definition) is 2. The molecule has 1 saturated heterocycles. The summed E-state index contributed by atoms with van der Waals surface area (Å²) in [5, 5.41) is 5.09. The van der Waals surface area contributed by atoms with Crippen LogP contribution in [0.4, 0.5) is 0 Å². The lowest BCUT2D eigenvalue weighted by Gasteiger charge is -2.34. The lowest BCUT2D eigenvalue weighted by Crippen LogP contribution is -2.52. The van der Waals surface area contributed by atoms with Gasteiger partial charge >= 0.3 is 11.8 Å². The van der Waals surface area contributed by atoms with Gasteiger partial charge in [0.1, 0.15) is 0 Å². The molecule has 130 valence electrons. The second kappa shape index (κ2) is 9.02. The van der Waals surface area contributed by atoms with E-state index in [2.05, 4.69) is 27.7 Å². The standard InChI is InChI=1S/C17H24N4O3/c1-14(22)18-7-8-19-16(23)17(24)21-11-9-20(10-12-21)13-15-5-3-2-4-6-15/h2-6H,7-13H2,1H3,(H,18,22)(H,19,23). The molecule has 0 saturated carbocycles. The first-order valence-electron chi connectivity index (χ1n) is 8.14. The number of nitrogens with one attached hydrogen (secondary N) is 2. The Hall–Kier alpha value is -2.41. The normalized spacial score (nSPS) is 15.0. The molecule has 3 amide bonds. The number of carbonyl (C=O) groups is 3. The molecular weight excluding hydrogens is 308 g/mol. The van der Waals surface area contributed by atoms with E-state index in [9.17, 15) is 14.4 Å². The minimum Gasteiger partial charge on any atom is -0.355 e. The van der Waals surface area contributed by atoms with E-state index in [4.69, 9.17) is 0 Å². The maximum Gasteiger partial charge on any atom is 0.311 e. The first kappa shape index (κ1) is 17.9. The molecule has 2 N–H and O–H groups in total. The van der Waals surface area contributed by atoms with Crippen molar-refractivity contribution in [3.05, 3.63) is 35.9 Å². The molecule has 1 aromatic rings. The third kappa shape index (κ3) is 5.66. The molecule has 1 aromatic carbocycles. The van der Waals surface area contributed by atoms with Crippen LogP contribution in [0.3, 0.4) is 0 Å². The summed E-state index contributed by atoms with van der Waals surface area (Å²) in [6.07, 6.45) is 0. The van der Waals surface area contributed by atoms with Crippen molar-refractivity contribution < 1.29 is 14.4 Å². The van der Waals surface area contributed by atoms with Crippen molar-refractivity contribution in [2.75, 3.05) is 39.3 Å². The number of nitrogens with zero attached hydrogens (tertiary/aromatic N) is 2. The number of piperazine rings is 1. The number of rotatable bonds is 5. The van der Waals surface area contributed by atoms with E-state index < -0.39 is 11.8 Å². The van der Waals surface area contributed by atoms with Crippen molar-refractivity contribution in [2.45, 2.75) is 13.5 Å². The molecule has 7 heteroatoms. The molecule has 0 unspecified atom stereocenters. The summed E-state index contributed by atoms with van der Waals surface area (Å²) in [7, 11) is 0. The Morgan fingerprint density at radius 3 is 2.21 bits per heavy atom. The summed E-state index contributed by atoms with van der Waals surface area (Å²) >= 11 is 0. The fourth-order valence-corrected chi connectivity index (χ4v) is 2.58. The zero-order valence-corrected chi connectivity index (χ0v) is 14.0. The molecule has 2 rings (SSSR count). The van der Waals surface area contributed by atoms with E-state index in [0.717, 1.165) is 19.6 Å². The van der Waals surface area contributed by atoms with Crippen molar-refractivity contribution in [3.63, 3.8) is 0 Å². The van der Waals surface area contributed by atoms with Crippen molar-refractivity contribution in [2.24, 2.45) is 0 Å². The van der Waals surface area contributed by atoms with Gasteiger partial charge in [0.2, 0.25) is 5.91 Å². The number of benzene rings is 1. The van der Waals surface area contributed by atoms with Crippen LogP contribution in [0.2, 0.25) is 0 Å². The van der Waals surface area contributed by atoms with Crippen LogP contribution < -0.4 is 10.6 Å². The number of carbonyl (C=O) groups excluding carboxylic acids is 3. The largest absolute Gasteiger partial charge is 0.355 e. The Kier molecular flexibility index (Phi) is 6.74. The topological polar surface area (TPSA) is 81.8 Å². The molecular formula is C17H24N4O3. The SMILES string of the molecule is CC(=O)NCCNC(=O)C(=O)N1CCN(Cc2ccccc2)CC1. The Morgan fingerprint density at radius 1 is 0.958 bits per heavy atom. The maximum atomic E-state index is 12.1. The molecule has 0 aliphatic carbocycles. The van der Waals surface area contributed by atoms with E-state index in [1.807, 2.05) is 18.2 Å². The van der Waals surface area contributed by atoms with Crippen LogP contribution in [0.25, 0.3) is 0 Å². The third-order valence-electron chi connectivity index (χ3n) is 3.89. The van der Waals surface area contributed by atoms with Gasteiger partial charge in [0.05, 0.1) is 0 Å². The van der Waals surface area contributed by atoms with E-state index >= 15 is 0 Å². The van der Waals surface area contributed by atoms with E-state index in [0.29, 0.717) is 19.6 Å². The van der Waals surface area contributed by atoms with Gasteiger partial charge in [-0.2, -0.15) is 0 Å². The molecule has 0 bridgehead atoms. The zero-order chi connectivity index (χ0) is 17.4.